The predicted molar refractivity (Wildman–Crippen MR) is 102 cm³/mol. The molecule has 0 unspecified atom stereocenters. The standard InChI is InChI=1S/C20H22N2O5/c1-25-16-11-14(12-17(26-2)19(16)27-3)21-20(24)13-6-8-15(9-7-13)22-10-4-5-18(22)23/h6-9,11-12H,4-5,10H2,1-3H3,(H,21,24). The molecule has 142 valence electrons. The molecule has 3 rings (SSSR count). The van der Waals surface area contributed by atoms with Gasteiger partial charge in [-0.25, -0.2) is 0 Å². The van der Waals surface area contributed by atoms with Crippen LogP contribution in [0, 0.1) is 0 Å². The lowest BCUT2D eigenvalue weighted by Gasteiger charge is -2.16. The summed E-state index contributed by atoms with van der Waals surface area (Å²) in [4.78, 5) is 26.1. The molecule has 7 heteroatoms. The maximum atomic E-state index is 12.6. The number of methoxy groups -OCH3 is 3. The van der Waals surface area contributed by atoms with E-state index in [-0.39, 0.29) is 11.8 Å². The van der Waals surface area contributed by atoms with Crippen LogP contribution in [-0.4, -0.2) is 39.7 Å². The molecule has 2 aromatic carbocycles. The van der Waals surface area contributed by atoms with Gasteiger partial charge in [-0.05, 0) is 30.7 Å². The molecule has 7 nitrogen and oxygen atoms in total. The van der Waals surface area contributed by atoms with Crippen LogP contribution in [0.15, 0.2) is 36.4 Å². The number of hydrogen-bond acceptors (Lipinski definition) is 5. The largest absolute Gasteiger partial charge is 0.493 e. The van der Waals surface area contributed by atoms with Gasteiger partial charge < -0.3 is 24.4 Å². The normalized spacial score (nSPS) is 13.4. The van der Waals surface area contributed by atoms with E-state index in [9.17, 15) is 9.59 Å². The molecule has 0 atom stereocenters. The Morgan fingerprint density at radius 2 is 1.63 bits per heavy atom. The first-order chi connectivity index (χ1) is 13.1. The molecule has 0 saturated carbocycles. The Morgan fingerprint density at radius 1 is 1.00 bits per heavy atom. The van der Waals surface area contributed by atoms with Gasteiger partial charge in [0.1, 0.15) is 0 Å². The number of nitrogens with one attached hydrogen (secondary N) is 1. The van der Waals surface area contributed by atoms with Crippen molar-refractivity contribution in [2.75, 3.05) is 38.1 Å². The lowest BCUT2D eigenvalue weighted by molar-refractivity contribution is -0.117. The predicted octanol–water partition coefficient (Wildman–Crippen LogP) is 3.09. The Bertz CT molecular complexity index is 823. The van der Waals surface area contributed by atoms with Crippen LogP contribution < -0.4 is 24.4 Å². The Labute approximate surface area is 157 Å². The average molecular weight is 370 g/mol. The van der Waals surface area contributed by atoms with Crippen LogP contribution in [0.2, 0.25) is 0 Å². The molecule has 27 heavy (non-hydrogen) atoms. The van der Waals surface area contributed by atoms with Crippen molar-refractivity contribution in [3.63, 3.8) is 0 Å². The maximum absolute atomic E-state index is 12.6. The second-order valence-corrected chi connectivity index (χ2v) is 6.06. The van der Waals surface area contributed by atoms with E-state index in [0.717, 1.165) is 18.7 Å². The summed E-state index contributed by atoms with van der Waals surface area (Å²) in [6, 6.07) is 10.3. The zero-order valence-corrected chi connectivity index (χ0v) is 15.6. The van der Waals surface area contributed by atoms with Gasteiger partial charge in [0.2, 0.25) is 11.7 Å². The molecule has 0 radical (unpaired) electrons. The Kier molecular flexibility index (Phi) is 5.49. The summed E-state index contributed by atoms with van der Waals surface area (Å²) in [7, 11) is 4.55. The molecule has 1 N–H and O–H groups in total. The fraction of sp³-hybridized carbons (Fsp3) is 0.300. The van der Waals surface area contributed by atoms with Crippen molar-refractivity contribution in [2.45, 2.75) is 12.8 Å². The summed E-state index contributed by atoms with van der Waals surface area (Å²) >= 11 is 0. The number of amides is 2. The molecule has 1 aliphatic rings. The maximum Gasteiger partial charge on any atom is 0.255 e. The van der Waals surface area contributed by atoms with E-state index >= 15 is 0 Å². The number of ether oxygens (including phenoxy) is 3. The summed E-state index contributed by atoms with van der Waals surface area (Å²) in [5, 5.41) is 2.82. The van der Waals surface area contributed by atoms with Gasteiger partial charge in [0.05, 0.1) is 21.3 Å². The first-order valence-electron chi connectivity index (χ1n) is 8.59. The zero-order chi connectivity index (χ0) is 19.4. The van der Waals surface area contributed by atoms with E-state index in [1.54, 1.807) is 41.3 Å². The van der Waals surface area contributed by atoms with E-state index in [1.807, 2.05) is 0 Å². The Balaban J connectivity index is 1.78. The Hall–Kier alpha value is -3.22. The van der Waals surface area contributed by atoms with Gasteiger partial charge in [-0.1, -0.05) is 0 Å². The highest BCUT2D eigenvalue weighted by atomic mass is 16.5. The van der Waals surface area contributed by atoms with Gasteiger partial charge in [0.25, 0.3) is 5.91 Å². The highest BCUT2D eigenvalue weighted by molar-refractivity contribution is 6.05. The minimum absolute atomic E-state index is 0.115. The number of carbonyl (C=O) groups is 2. The second kappa shape index (κ2) is 7.99. The van der Waals surface area contributed by atoms with Gasteiger partial charge in [-0.3, -0.25) is 9.59 Å². The van der Waals surface area contributed by atoms with Crippen molar-refractivity contribution in [1.29, 1.82) is 0 Å². The number of rotatable bonds is 6. The summed E-state index contributed by atoms with van der Waals surface area (Å²) in [6.07, 6.45) is 1.44. The van der Waals surface area contributed by atoms with Gasteiger partial charge in [-0.2, -0.15) is 0 Å². The minimum atomic E-state index is -0.274. The second-order valence-electron chi connectivity index (χ2n) is 6.06. The van der Waals surface area contributed by atoms with Gasteiger partial charge >= 0.3 is 0 Å². The minimum Gasteiger partial charge on any atom is -0.493 e. The fourth-order valence-corrected chi connectivity index (χ4v) is 3.07. The van der Waals surface area contributed by atoms with Crippen LogP contribution >= 0.6 is 0 Å². The number of nitrogens with zero attached hydrogens (tertiary/aromatic N) is 1. The molecule has 1 fully saturated rings. The fourth-order valence-electron chi connectivity index (χ4n) is 3.07. The summed E-state index contributed by atoms with van der Waals surface area (Å²) in [6.45, 7) is 0.718. The molecule has 1 aliphatic heterocycles. The molecule has 2 amide bonds. The SMILES string of the molecule is COc1cc(NC(=O)c2ccc(N3CCCC3=O)cc2)cc(OC)c1OC. The smallest absolute Gasteiger partial charge is 0.255 e. The highest BCUT2D eigenvalue weighted by Crippen LogP contribution is 2.40. The van der Waals surface area contributed by atoms with E-state index in [0.29, 0.717) is 34.9 Å². The number of anilines is 2. The van der Waals surface area contributed by atoms with Crippen LogP contribution in [-0.2, 0) is 4.79 Å². The number of carbonyl (C=O) groups excluding carboxylic acids is 2. The van der Waals surface area contributed by atoms with Gasteiger partial charge in [-0.15, -0.1) is 0 Å². The van der Waals surface area contributed by atoms with Crippen molar-refractivity contribution >= 4 is 23.2 Å². The van der Waals surface area contributed by atoms with Crippen LogP contribution in [0.3, 0.4) is 0 Å². The van der Waals surface area contributed by atoms with Crippen molar-refractivity contribution in [3.05, 3.63) is 42.0 Å². The molecule has 0 aliphatic carbocycles. The lowest BCUT2D eigenvalue weighted by atomic mass is 10.1. The van der Waals surface area contributed by atoms with Crippen molar-refractivity contribution in [3.8, 4) is 17.2 Å². The van der Waals surface area contributed by atoms with Crippen LogP contribution in [0.5, 0.6) is 17.2 Å². The molecule has 0 bridgehead atoms. The third-order valence-electron chi connectivity index (χ3n) is 4.44. The monoisotopic (exact) mass is 370 g/mol. The number of hydrogen-bond donors (Lipinski definition) is 1. The molecule has 1 saturated heterocycles. The van der Waals surface area contributed by atoms with E-state index in [2.05, 4.69) is 5.32 Å². The topological polar surface area (TPSA) is 77.1 Å². The summed E-state index contributed by atoms with van der Waals surface area (Å²) in [5.41, 5.74) is 1.81. The lowest BCUT2D eigenvalue weighted by Crippen LogP contribution is -2.23. The molecular formula is C20H22N2O5. The molecule has 0 aromatic heterocycles. The van der Waals surface area contributed by atoms with Crippen molar-refractivity contribution in [1.82, 2.24) is 0 Å². The van der Waals surface area contributed by atoms with E-state index < -0.39 is 0 Å². The molecule has 1 heterocycles. The third-order valence-corrected chi connectivity index (χ3v) is 4.44. The van der Waals surface area contributed by atoms with Crippen LogP contribution in [0.25, 0.3) is 0 Å². The number of benzene rings is 2. The van der Waals surface area contributed by atoms with E-state index in [1.165, 1.54) is 21.3 Å². The summed E-state index contributed by atoms with van der Waals surface area (Å²) < 4.78 is 15.9. The average Bonchev–Trinajstić information content (AvgIpc) is 3.13. The molecular weight excluding hydrogens is 348 g/mol. The zero-order valence-electron chi connectivity index (χ0n) is 15.6. The van der Waals surface area contributed by atoms with Crippen LogP contribution in [0.4, 0.5) is 11.4 Å². The first kappa shape index (κ1) is 18.6. The molecule has 2 aromatic rings. The van der Waals surface area contributed by atoms with Crippen molar-refractivity contribution in [2.24, 2.45) is 0 Å². The van der Waals surface area contributed by atoms with Crippen molar-refractivity contribution < 1.29 is 23.8 Å². The Morgan fingerprint density at radius 3 is 2.11 bits per heavy atom. The van der Waals surface area contributed by atoms with Gasteiger partial charge in [0.15, 0.2) is 11.5 Å². The highest BCUT2D eigenvalue weighted by Gasteiger charge is 2.22. The van der Waals surface area contributed by atoms with E-state index in [4.69, 9.17) is 14.2 Å². The van der Waals surface area contributed by atoms with Crippen LogP contribution in [0.1, 0.15) is 23.2 Å². The first-order valence-corrected chi connectivity index (χ1v) is 8.59. The third kappa shape index (κ3) is 3.81. The van der Waals surface area contributed by atoms with Gasteiger partial charge in [0, 0.05) is 42.0 Å². The quantitative estimate of drug-likeness (QED) is 0.846. The summed E-state index contributed by atoms with van der Waals surface area (Å²) in [5.74, 6) is 1.20. The molecule has 0 spiro atoms.